The van der Waals surface area contributed by atoms with Crippen LogP contribution in [0.3, 0.4) is 0 Å². The van der Waals surface area contributed by atoms with Gasteiger partial charge in [0.2, 0.25) is 0 Å². The van der Waals surface area contributed by atoms with Crippen LogP contribution >= 0.6 is 0 Å². The highest BCUT2D eigenvalue weighted by Gasteiger charge is 2.31. The quantitative estimate of drug-likeness (QED) is 0.761. The van der Waals surface area contributed by atoms with Crippen molar-refractivity contribution in [2.24, 2.45) is 0 Å². The number of hydrogen-bond donors (Lipinski definition) is 1. The van der Waals surface area contributed by atoms with Crippen LogP contribution < -0.4 is 10.2 Å². The number of anilines is 1. The van der Waals surface area contributed by atoms with Crippen LogP contribution in [-0.2, 0) is 14.6 Å². The molecule has 2 aliphatic rings. The number of amides is 2. The lowest BCUT2D eigenvalue weighted by Gasteiger charge is -2.37. The van der Waals surface area contributed by atoms with Crippen LogP contribution in [0.4, 0.5) is 10.5 Å². The minimum absolute atomic E-state index is 0.0195. The molecule has 0 spiro atoms. The van der Waals surface area contributed by atoms with E-state index < -0.39 is 9.84 Å². The number of ether oxygens (including phenoxy) is 1. The fraction of sp³-hybridized carbons (Fsp3) is 0.556. The zero-order chi connectivity index (χ0) is 19.4. The van der Waals surface area contributed by atoms with Crippen molar-refractivity contribution in [2.45, 2.75) is 19.4 Å². The average molecular weight is 395 g/mol. The predicted molar refractivity (Wildman–Crippen MR) is 102 cm³/mol. The van der Waals surface area contributed by atoms with Gasteiger partial charge in [0, 0.05) is 32.2 Å². The summed E-state index contributed by atoms with van der Waals surface area (Å²) in [5, 5.41) is 2.82. The third-order valence-electron chi connectivity index (χ3n) is 4.87. The monoisotopic (exact) mass is 395 g/mol. The van der Waals surface area contributed by atoms with E-state index in [-0.39, 0.29) is 29.5 Å². The van der Waals surface area contributed by atoms with Gasteiger partial charge >= 0.3 is 12.0 Å². The molecule has 0 bridgehead atoms. The zero-order valence-electron chi connectivity index (χ0n) is 15.4. The fourth-order valence-electron chi connectivity index (χ4n) is 3.46. The Morgan fingerprint density at radius 1 is 1.19 bits per heavy atom. The van der Waals surface area contributed by atoms with Gasteiger partial charge in [-0.25, -0.2) is 18.0 Å². The molecule has 1 atom stereocenters. The first-order valence-corrected chi connectivity index (χ1v) is 11.0. The van der Waals surface area contributed by atoms with Gasteiger partial charge in [-0.2, -0.15) is 0 Å². The third-order valence-corrected chi connectivity index (χ3v) is 6.63. The number of hydrogen-bond acceptors (Lipinski definition) is 6. The number of carbonyl (C=O) groups excluding carboxylic acids is 2. The number of sulfone groups is 1. The minimum Gasteiger partial charge on any atom is -0.462 e. The van der Waals surface area contributed by atoms with Gasteiger partial charge in [-0.1, -0.05) is 12.1 Å². The highest BCUT2D eigenvalue weighted by molar-refractivity contribution is 7.91. The summed E-state index contributed by atoms with van der Waals surface area (Å²) in [6, 6.07) is 6.77. The predicted octanol–water partition coefficient (Wildman–Crippen LogP) is 0.882. The van der Waals surface area contributed by atoms with Crippen LogP contribution in [0.15, 0.2) is 24.3 Å². The molecule has 2 fully saturated rings. The van der Waals surface area contributed by atoms with E-state index in [1.54, 1.807) is 24.0 Å². The molecule has 1 aromatic carbocycles. The SMILES string of the molecule is CCOC(=O)c1ccccc1N1CCN(C(=O)NC2CCS(=O)(=O)C2)CC1. The second-order valence-corrected chi connectivity index (χ2v) is 8.99. The maximum absolute atomic E-state index is 12.4. The van der Waals surface area contributed by atoms with Gasteiger partial charge < -0.3 is 19.9 Å². The summed E-state index contributed by atoms with van der Waals surface area (Å²) in [5.41, 5.74) is 1.33. The zero-order valence-corrected chi connectivity index (χ0v) is 16.2. The van der Waals surface area contributed by atoms with Crippen molar-refractivity contribution in [3.8, 4) is 0 Å². The minimum atomic E-state index is -3.02. The van der Waals surface area contributed by atoms with E-state index in [2.05, 4.69) is 10.2 Å². The van der Waals surface area contributed by atoms with E-state index in [1.165, 1.54) is 0 Å². The molecule has 0 aromatic heterocycles. The lowest BCUT2D eigenvalue weighted by atomic mass is 10.1. The first-order valence-electron chi connectivity index (χ1n) is 9.16. The molecule has 0 radical (unpaired) electrons. The first kappa shape index (κ1) is 19.5. The molecule has 2 heterocycles. The van der Waals surface area contributed by atoms with Gasteiger partial charge in [-0.3, -0.25) is 0 Å². The second kappa shape index (κ2) is 8.16. The van der Waals surface area contributed by atoms with Crippen LogP contribution in [0.1, 0.15) is 23.7 Å². The molecule has 1 aromatic rings. The van der Waals surface area contributed by atoms with Crippen molar-refractivity contribution < 1.29 is 22.7 Å². The van der Waals surface area contributed by atoms with Crippen LogP contribution in [0.5, 0.6) is 0 Å². The summed E-state index contributed by atoms with van der Waals surface area (Å²) in [7, 11) is -3.02. The standard InChI is InChI=1S/C18H25N3O5S/c1-2-26-17(22)15-5-3-4-6-16(15)20-8-10-21(11-9-20)18(23)19-14-7-12-27(24,25)13-14/h3-6,14H,2,7-13H2,1H3,(H,19,23). The van der Waals surface area contributed by atoms with Crippen LogP contribution in [0.2, 0.25) is 0 Å². The summed E-state index contributed by atoms with van der Waals surface area (Å²) in [4.78, 5) is 28.3. The van der Waals surface area contributed by atoms with Crippen molar-refractivity contribution in [1.82, 2.24) is 10.2 Å². The van der Waals surface area contributed by atoms with E-state index in [4.69, 9.17) is 4.74 Å². The van der Waals surface area contributed by atoms with Crippen LogP contribution in [0, 0.1) is 0 Å². The van der Waals surface area contributed by atoms with Gasteiger partial charge in [0.15, 0.2) is 9.84 Å². The molecular formula is C18H25N3O5S. The van der Waals surface area contributed by atoms with Gasteiger partial charge in [0.1, 0.15) is 0 Å². The smallest absolute Gasteiger partial charge is 0.340 e. The number of benzene rings is 1. The van der Waals surface area contributed by atoms with E-state index >= 15 is 0 Å². The lowest BCUT2D eigenvalue weighted by Crippen LogP contribution is -2.53. The molecule has 2 saturated heterocycles. The number of nitrogens with one attached hydrogen (secondary N) is 1. The Morgan fingerprint density at radius 2 is 1.89 bits per heavy atom. The molecule has 2 amide bonds. The molecule has 1 N–H and O–H groups in total. The molecule has 27 heavy (non-hydrogen) atoms. The van der Waals surface area contributed by atoms with Gasteiger partial charge in [0.05, 0.1) is 29.4 Å². The Bertz CT molecular complexity index is 803. The molecule has 148 valence electrons. The molecular weight excluding hydrogens is 370 g/mol. The molecule has 3 rings (SSSR count). The number of carbonyl (C=O) groups is 2. The highest BCUT2D eigenvalue weighted by atomic mass is 32.2. The highest BCUT2D eigenvalue weighted by Crippen LogP contribution is 2.23. The molecule has 8 nitrogen and oxygen atoms in total. The number of rotatable bonds is 4. The van der Waals surface area contributed by atoms with Gasteiger partial charge in [-0.05, 0) is 25.5 Å². The topological polar surface area (TPSA) is 96.0 Å². The molecule has 2 aliphatic heterocycles. The van der Waals surface area contributed by atoms with E-state index in [0.717, 1.165) is 5.69 Å². The van der Waals surface area contributed by atoms with Crippen LogP contribution in [0.25, 0.3) is 0 Å². The Balaban J connectivity index is 1.58. The van der Waals surface area contributed by atoms with E-state index in [9.17, 15) is 18.0 Å². The summed E-state index contributed by atoms with van der Waals surface area (Å²) < 4.78 is 28.2. The molecule has 0 aliphatic carbocycles. The number of esters is 1. The number of piperazine rings is 1. The van der Waals surface area contributed by atoms with Crippen molar-refractivity contribution in [3.63, 3.8) is 0 Å². The third kappa shape index (κ3) is 4.71. The molecule has 1 unspecified atom stereocenters. The summed E-state index contributed by atoms with van der Waals surface area (Å²) >= 11 is 0. The first-order chi connectivity index (χ1) is 12.9. The van der Waals surface area contributed by atoms with Gasteiger partial charge in [-0.15, -0.1) is 0 Å². The fourth-order valence-corrected chi connectivity index (χ4v) is 5.13. The van der Waals surface area contributed by atoms with Gasteiger partial charge in [0.25, 0.3) is 0 Å². The number of nitrogens with zero attached hydrogens (tertiary/aromatic N) is 2. The summed E-state index contributed by atoms with van der Waals surface area (Å²) in [5.74, 6) is -0.196. The maximum atomic E-state index is 12.4. The van der Waals surface area contributed by atoms with E-state index in [1.807, 2.05) is 12.1 Å². The van der Waals surface area contributed by atoms with Crippen molar-refractivity contribution in [1.29, 1.82) is 0 Å². The van der Waals surface area contributed by atoms with Crippen molar-refractivity contribution in [2.75, 3.05) is 49.2 Å². The Labute approximate surface area is 159 Å². The van der Waals surface area contributed by atoms with Crippen LogP contribution in [-0.4, -0.2) is 75.7 Å². The average Bonchev–Trinajstić information content (AvgIpc) is 3.00. The largest absolute Gasteiger partial charge is 0.462 e. The van der Waals surface area contributed by atoms with E-state index in [0.29, 0.717) is 44.8 Å². The number of urea groups is 1. The number of para-hydroxylation sites is 1. The summed E-state index contributed by atoms with van der Waals surface area (Å²) in [6.07, 6.45) is 0.473. The Morgan fingerprint density at radius 3 is 2.52 bits per heavy atom. The van der Waals surface area contributed by atoms with Crippen molar-refractivity contribution >= 4 is 27.5 Å². The van der Waals surface area contributed by atoms with Crippen molar-refractivity contribution in [3.05, 3.63) is 29.8 Å². The lowest BCUT2D eigenvalue weighted by molar-refractivity contribution is 0.0526. The Kier molecular flexibility index (Phi) is 5.88. The molecule has 9 heteroatoms. The Hall–Kier alpha value is -2.29. The normalized spacial score (nSPS) is 21.7. The second-order valence-electron chi connectivity index (χ2n) is 6.76. The molecule has 0 saturated carbocycles. The maximum Gasteiger partial charge on any atom is 0.340 e. The summed E-state index contributed by atoms with van der Waals surface area (Å²) in [6.45, 7) is 4.27.